The molecule has 0 unspecified atom stereocenters. The number of fused-ring (bicyclic) bond motifs is 2. The van der Waals surface area contributed by atoms with Crippen molar-refractivity contribution < 1.29 is 41.8 Å². The van der Waals surface area contributed by atoms with Crippen LogP contribution in [0.5, 0.6) is 23.1 Å². The molecule has 1 amide bonds. The molecule has 2 saturated carbocycles. The molecule has 366 valence electrons. The number of nitro benzene ring substituents is 1. The topological polar surface area (TPSA) is 201 Å². The Labute approximate surface area is 401 Å². The van der Waals surface area contributed by atoms with Gasteiger partial charge in [0.1, 0.15) is 23.8 Å². The summed E-state index contributed by atoms with van der Waals surface area (Å²) in [4.78, 5) is 37.5. The van der Waals surface area contributed by atoms with E-state index in [0.717, 1.165) is 63.0 Å². The van der Waals surface area contributed by atoms with E-state index in [4.69, 9.17) is 14.2 Å². The molecule has 2 saturated heterocycles. The molecule has 69 heavy (non-hydrogen) atoms. The summed E-state index contributed by atoms with van der Waals surface area (Å²) in [7, 11) is -3.38. The van der Waals surface area contributed by atoms with Crippen molar-refractivity contribution >= 4 is 44.0 Å². The highest BCUT2D eigenvalue weighted by atomic mass is 32.2. The van der Waals surface area contributed by atoms with Gasteiger partial charge in [0.15, 0.2) is 17.2 Å². The molecule has 3 aromatic carbocycles. The maximum atomic E-state index is 14.9. The van der Waals surface area contributed by atoms with Crippen LogP contribution in [0.25, 0.3) is 11.0 Å². The molecule has 3 atom stereocenters. The number of methoxy groups -OCH3 is 1. The quantitative estimate of drug-likeness (QED) is 0.0682. The van der Waals surface area contributed by atoms with Crippen LogP contribution in [0.1, 0.15) is 112 Å². The van der Waals surface area contributed by atoms with E-state index in [-0.39, 0.29) is 69.4 Å². The lowest BCUT2D eigenvalue weighted by molar-refractivity contribution is -0.384. The molecule has 10 rings (SSSR count). The minimum Gasteiger partial charge on any atom is -0.489 e. The maximum absolute atomic E-state index is 14.9. The van der Waals surface area contributed by atoms with Gasteiger partial charge in [0.2, 0.25) is 0 Å². The number of sulfonamides is 1. The highest BCUT2D eigenvalue weighted by Crippen LogP contribution is 2.50. The van der Waals surface area contributed by atoms with Gasteiger partial charge in [-0.1, -0.05) is 44.5 Å². The van der Waals surface area contributed by atoms with Crippen LogP contribution in [0.4, 0.5) is 21.5 Å². The van der Waals surface area contributed by atoms with Gasteiger partial charge in [-0.15, -0.1) is 0 Å². The Morgan fingerprint density at radius 1 is 1.03 bits per heavy atom. The number of rotatable bonds is 12. The molecule has 4 N–H and O–H groups in total. The largest absolute Gasteiger partial charge is 0.489 e. The van der Waals surface area contributed by atoms with Gasteiger partial charge in [-0.3, -0.25) is 19.8 Å². The Hall–Kier alpha value is -5.98. The number of nitrogens with zero attached hydrogens (tertiary/aromatic N) is 4. The molecule has 3 aliphatic heterocycles. The number of piperidine rings is 1. The van der Waals surface area contributed by atoms with Crippen molar-refractivity contribution in [2.24, 2.45) is 11.3 Å². The Morgan fingerprint density at radius 3 is 2.51 bits per heavy atom. The number of amides is 1. The summed E-state index contributed by atoms with van der Waals surface area (Å²) in [5.74, 6) is -0.662. The molecule has 18 heteroatoms. The normalized spacial score (nSPS) is 24.6. The van der Waals surface area contributed by atoms with Gasteiger partial charge in [0.25, 0.3) is 27.5 Å². The fraction of sp³-hybridized carbons (Fsp3) is 0.490. The predicted molar refractivity (Wildman–Crippen MR) is 259 cm³/mol. The van der Waals surface area contributed by atoms with Crippen LogP contribution in [0, 0.1) is 27.3 Å². The number of likely N-dealkylation sites (tertiary alicyclic amines) is 1. The third kappa shape index (κ3) is 9.06. The average Bonchev–Trinajstić information content (AvgIpc) is 3.96. The van der Waals surface area contributed by atoms with Crippen LogP contribution in [0.15, 0.2) is 71.8 Å². The molecule has 2 aromatic heterocycles. The average molecular weight is 966 g/mol. The first-order valence-electron chi connectivity index (χ1n) is 24.1. The number of anilines is 2. The summed E-state index contributed by atoms with van der Waals surface area (Å²) in [6.45, 7) is 10.1. The van der Waals surface area contributed by atoms with E-state index < -0.39 is 42.9 Å². The number of pyridine rings is 1. The molecular weight excluding hydrogens is 906 g/mol. The van der Waals surface area contributed by atoms with Crippen molar-refractivity contribution in [3.8, 4) is 23.1 Å². The summed E-state index contributed by atoms with van der Waals surface area (Å²) in [5.41, 5.74) is 2.69. The molecule has 5 heterocycles. The number of hydrogen-bond donors (Lipinski definition) is 4. The fourth-order valence-electron chi connectivity index (χ4n) is 11.7. The summed E-state index contributed by atoms with van der Waals surface area (Å²) >= 11 is 0. The van der Waals surface area contributed by atoms with E-state index >= 15 is 0 Å². The van der Waals surface area contributed by atoms with Crippen molar-refractivity contribution in [2.75, 3.05) is 50.1 Å². The lowest BCUT2D eigenvalue weighted by Crippen LogP contribution is -2.63. The van der Waals surface area contributed by atoms with Crippen LogP contribution in [-0.2, 0) is 10.0 Å². The molecule has 2 aliphatic carbocycles. The lowest BCUT2D eigenvalue weighted by Gasteiger charge is -2.57. The number of aliphatic hydroxyl groups is 1. The third-order valence-corrected chi connectivity index (χ3v) is 16.9. The molecule has 4 fully saturated rings. The fourth-order valence-corrected chi connectivity index (χ4v) is 12.7. The number of carbonyl (C=O) groups is 1. The third-order valence-electron chi connectivity index (χ3n) is 15.6. The summed E-state index contributed by atoms with van der Waals surface area (Å²) in [6, 6.07) is 17.5. The number of carbonyl (C=O) groups excluding carboxylic acids is 1. The van der Waals surface area contributed by atoms with E-state index in [0.29, 0.717) is 43.6 Å². The van der Waals surface area contributed by atoms with Crippen LogP contribution in [-0.4, -0.2) is 96.8 Å². The second-order valence-corrected chi connectivity index (χ2v) is 22.2. The SMILES string of the molecule is COc1nc2[nH]cc(F)c2cc1Oc1cc(N2CCC3(CC2)CN([C@@H]2CCC[C@@H]2c2ccccc2C(C)C)C3)ccc1C(=O)NS(=O)(=O)c1cc2c(c([N+](=O)[O-])c1)N[C@@H]([C@H]1CC[C@](C)(O)CC1)CO2. The number of aromatic amines is 1. The number of hydrogen-bond acceptors (Lipinski definition) is 13. The summed E-state index contributed by atoms with van der Waals surface area (Å²) in [5, 5.41) is 26.2. The van der Waals surface area contributed by atoms with E-state index in [1.165, 1.54) is 49.6 Å². The Kier molecular flexibility index (Phi) is 12.2. The first-order valence-corrected chi connectivity index (χ1v) is 25.6. The van der Waals surface area contributed by atoms with Gasteiger partial charge in [-0.05, 0) is 105 Å². The Morgan fingerprint density at radius 2 is 1.78 bits per heavy atom. The molecule has 16 nitrogen and oxygen atoms in total. The number of aromatic nitrogens is 2. The highest BCUT2D eigenvalue weighted by Gasteiger charge is 2.49. The zero-order valence-corrected chi connectivity index (χ0v) is 40.2. The molecule has 1 spiro atoms. The van der Waals surface area contributed by atoms with Crippen LogP contribution < -0.4 is 29.1 Å². The number of nitro groups is 1. The molecule has 5 aromatic rings. The number of H-pyrrole nitrogens is 1. The number of ether oxygens (including phenoxy) is 3. The number of benzene rings is 3. The van der Waals surface area contributed by atoms with Crippen LogP contribution in [0.3, 0.4) is 0 Å². The Bertz CT molecular complexity index is 2900. The molecular formula is C51H60FN7O9S. The first-order chi connectivity index (χ1) is 33.0. The van der Waals surface area contributed by atoms with E-state index in [2.05, 4.69) is 67.9 Å². The highest BCUT2D eigenvalue weighted by molar-refractivity contribution is 7.90. The van der Waals surface area contributed by atoms with Crippen molar-refractivity contribution in [1.29, 1.82) is 0 Å². The van der Waals surface area contributed by atoms with E-state index in [9.17, 15) is 32.8 Å². The molecule has 0 bridgehead atoms. The zero-order chi connectivity index (χ0) is 48.4. The smallest absolute Gasteiger partial charge is 0.297 e. The second-order valence-electron chi connectivity index (χ2n) is 20.5. The Balaban J connectivity index is 0.883. The van der Waals surface area contributed by atoms with Gasteiger partial charge in [-0.25, -0.2) is 17.5 Å². The number of halogens is 1. The molecule has 5 aliphatic rings. The maximum Gasteiger partial charge on any atom is 0.297 e. The van der Waals surface area contributed by atoms with Crippen LogP contribution in [0.2, 0.25) is 0 Å². The monoisotopic (exact) mass is 965 g/mol. The summed E-state index contributed by atoms with van der Waals surface area (Å²) < 4.78 is 62.9. The van der Waals surface area contributed by atoms with Crippen LogP contribution >= 0.6 is 0 Å². The van der Waals surface area contributed by atoms with Gasteiger partial charge < -0.3 is 34.5 Å². The second kappa shape index (κ2) is 18.1. The van der Waals surface area contributed by atoms with E-state index in [1.54, 1.807) is 19.1 Å². The lowest BCUT2D eigenvalue weighted by atomic mass is 9.70. The minimum absolute atomic E-state index is 0.00652. The van der Waals surface area contributed by atoms with Crippen molar-refractivity contribution in [2.45, 2.75) is 113 Å². The van der Waals surface area contributed by atoms with E-state index in [1.807, 2.05) is 0 Å². The zero-order valence-electron chi connectivity index (χ0n) is 39.4. The summed E-state index contributed by atoms with van der Waals surface area (Å²) in [6.07, 6.45) is 9.29. The van der Waals surface area contributed by atoms with Gasteiger partial charge in [0.05, 0.1) is 39.5 Å². The van der Waals surface area contributed by atoms with Crippen molar-refractivity contribution in [1.82, 2.24) is 19.6 Å². The van der Waals surface area contributed by atoms with Gasteiger partial charge >= 0.3 is 0 Å². The number of nitrogens with one attached hydrogen (secondary N) is 3. The van der Waals surface area contributed by atoms with Crippen molar-refractivity contribution in [3.05, 3.63) is 99.5 Å². The van der Waals surface area contributed by atoms with Crippen molar-refractivity contribution in [3.63, 3.8) is 0 Å². The predicted octanol–water partition coefficient (Wildman–Crippen LogP) is 9.01. The standard InChI is InChI=1S/C51H60FN7O9S/c1-30(2)34-8-5-6-9-35(34)36-10-7-11-41(36)58-28-51(29-58)18-20-57(21-19-51)32-12-13-37(43(22-32)68-45-25-38-39(52)26-53-47(38)55-49(45)66-4)48(60)56-69(64,65)33-23-42(59(62)63)46-44(24-33)67-27-40(54-46)31-14-16-50(3,61)17-15-31/h5-6,8-9,12-13,22-26,30-31,36,40-41,54,61H,7,10-11,14-21,27-29H2,1-4H3,(H,53,55)(H,56,60)/t31-,36-,40-,41-,50-/m1/s1. The first kappa shape index (κ1) is 46.7. The minimum atomic E-state index is -4.75. The van der Waals surface area contributed by atoms with Gasteiger partial charge in [0, 0.05) is 68.4 Å². The molecule has 0 radical (unpaired) electrons. The van der Waals surface area contributed by atoms with Gasteiger partial charge in [-0.2, -0.15) is 4.98 Å².